The van der Waals surface area contributed by atoms with Crippen LogP contribution >= 0.6 is 0 Å². The fourth-order valence-electron chi connectivity index (χ4n) is 2.40. The van der Waals surface area contributed by atoms with E-state index in [-0.39, 0.29) is 17.8 Å². The highest BCUT2D eigenvalue weighted by Crippen LogP contribution is 2.22. The number of fused-ring (bicyclic) bond motifs is 1. The number of nitrogens with zero attached hydrogens (tertiary/aromatic N) is 1. The molecule has 0 aromatic heterocycles. The van der Waals surface area contributed by atoms with Gasteiger partial charge in [0.1, 0.15) is 0 Å². The quantitative estimate of drug-likeness (QED) is 0.532. The van der Waals surface area contributed by atoms with Gasteiger partial charge in [-0.1, -0.05) is 24.3 Å². The Morgan fingerprint density at radius 3 is 2.78 bits per heavy atom. The zero-order valence-electron chi connectivity index (χ0n) is 11.9. The minimum Gasteiger partial charge on any atom is -0.448 e. The highest BCUT2D eigenvalue weighted by Gasteiger charge is 2.31. The highest BCUT2D eigenvalue weighted by molar-refractivity contribution is 6.00. The molecule has 1 amide bonds. The van der Waals surface area contributed by atoms with Crippen LogP contribution in [0, 0.1) is 10.1 Å². The van der Waals surface area contributed by atoms with Gasteiger partial charge in [-0.15, -0.1) is 0 Å². The molecule has 7 heteroatoms. The molecule has 0 saturated carbocycles. The van der Waals surface area contributed by atoms with Crippen LogP contribution in [0.3, 0.4) is 0 Å². The summed E-state index contributed by atoms with van der Waals surface area (Å²) in [4.78, 5) is 34.3. The minimum absolute atomic E-state index is 0.131. The van der Waals surface area contributed by atoms with Crippen LogP contribution in [0.4, 0.5) is 11.4 Å². The van der Waals surface area contributed by atoms with E-state index in [9.17, 15) is 19.7 Å². The number of carbonyl (C=O) groups is 2. The van der Waals surface area contributed by atoms with Gasteiger partial charge in [-0.2, -0.15) is 0 Å². The van der Waals surface area contributed by atoms with Crippen LogP contribution < -0.4 is 5.32 Å². The topological polar surface area (TPSA) is 98.5 Å². The number of benzene rings is 2. The van der Waals surface area contributed by atoms with Gasteiger partial charge in [0.15, 0.2) is 6.10 Å². The molecule has 0 bridgehead atoms. The van der Waals surface area contributed by atoms with Crippen molar-refractivity contribution in [2.75, 3.05) is 5.32 Å². The summed E-state index contributed by atoms with van der Waals surface area (Å²) in [5, 5.41) is 13.3. The van der Waals surface area contributed by atoms with E-state index in [0.717, 1.165) is 5.56 Å². The number of hydrogen-bond donors (Lipinski definition) is 1. The van der Waals surface area contributed by atoms with Gasteiger partial charge in [0.25, 0.3) is 11.6 Å². The van der Waals surface area contributed by atoms with Crippen LogP contribution in [0.15, 0.2) is 48.5 Å². The van der Waals surface area contributed by atoms with Crippen LogP contribution in [-0.4, -0.2) is 22.9 Å². The van der Waals surface area contributed by atoms with E-state index in [2.05, 4.69) is 5.32 Å². The first kappa shape index (κ1) is 14.7. The Balaban J connectivity index is 1.76. The fraction of sp³-hybridized carbons (Fsp3) is 0.125. The largest absolute Gasteiger partial charge is 0.448 e. The van der Waals surface area contributed by atoms with E-state index in [4.69, 9.17) is 4.74 Å². The van der Waals surface area contributed by atoms with Crippen LogP contribution in [0.2, 0.25) is 0 Å². The summed E-state index contributed by atoms with van der Waals surface area (Å²) in [6, 6.07) is 12.5. The van der Waals surface area contributed by atoms with Crippen molar-refractivity contribution in [2.45, 2.75) is 12.5 Å². The predicted octanol–water partition coefficient (Wildman–Crippen LogP) is 2.32. The SMILES string of the molecule is O=C1OC(C(=O)Nc2cccc([N+](=O)[O-])c2)Cc2ccccc21. The number of cyclic esters (lactones) is 1. The van der Waals surface area contributed by atoms with Crippen LogP contribution in [0.25, 0.3) is 0 Å². The van der Waals surface area contributed by atoms with E-state index in [1.54, 1.807) is 24.3 Å². The maximum absolute atomic E-state index is 12.2. The minimum atomic E-state index is -0.961. The average Bonchev–Trinajstić information content (AvgIpc) is 2.55. The number of non-ortho nitro benzene ring substituents is 1. The summed E-state index contributed by atoms with van der Waals surface area (Å²) < 4.78 is 5.14. The molecule has 1 aliphatic heterocycles. The van der Waals surface area contributed by atoms with Crippen molar-refractivity contribution in [3.8, 4) is 0 Å². The lowest BCUT2D eigenvalue weighted by Gasteiger charge is -2.23. The smallest absolute Gasteiger partial charge is 0.339 e. The third-order valence-corrected chi connectivity index (χ3v) is 3.51. The lowest BCUT2D eigenvalue weighted by atomic mass is 9.98. The first-order valence-electron chi connectivity index (χ1n) is 6.89. The molecule has 0 saturated heterocycles. The highest BCUT2D eigenvalue weighted by atomic mass is 16.6. The summed E-state index contributed by atoms with van der Waals surface area (Å²) in [6.45, 7) is 0. The number of hydrogen-bond acceptors (Lipinski definition) is 5. The molecule has 1 aliphatic rings. The Hall–Kier alpha value is -3.22. The molecule has 2 aromatic carbocycles. The molecule has 1 atom stereocenters. The maximum atomic E-state index is 12.2. The van der Waals surface area contributed by atoms with Crippen LogP contribution in [-0.2, 0) is 16.0 Å². The molecule has 0 fully saturated rings. The molecule has 116 valence electrons. The predicted molar refractivity (Wildman–Crippen MR) is 81.1 cm³/mol. The molecular weight excluding hydrogens is 300 g/mol. The second-order valence-electron chi connectivity index (χ2n) is 5.05. The van der Waals surface area contributed by atoms with Gasteiger partial charge >= 0.3 is 5.97 Å². The molecule has 0 aliphatic carbocycles. The summed E-state index contributed by atoms with van der Waals surface area (Å²) in [5.74, 6) is -1.07. The third-order valence-electron chi connectivity index (χ3n) is 3.51. The van der Waals surface area contributed by atoms with Gasteiger partial charge in [0.05, 0.1) is 10.5 Å². The molecule has 0 radical (unpaired) electrons. The Kier molecular flexibility index (Phi) is 3.76. The van der Waals surface area contributed by atoms with E-state index in [0.29, 0.717) is 5.56 Å². The Morgan fingerprint density at radius 1 is 1.22 bits per heavy atom. The Labute approximate surface area is 131 Å². The van der Waals surface area contributed by atoms with Crippen molar-refractivity contribution in [3.05, 3.63) is 69.8 Å². The van der Waals surface area contributed by atoms with Crippen molar-refractivity contribution >= 4 is 23.3 Å². The summed E-state index contributed by atoms with van der Waals surface area (Å²) in [7, 11) is 0. The zero-order chi connectivity index (χ0) is 16.4. The molecule has 7 nitrogen and oxygen atoms in total. The second kappa shape index (κ2) is 5.88. The van der Waals surface area contributed by atoms with Crippen molar-refractivity contribution in [1.82, 2.24) is 0 Å². The van der Waals surface area contributed by atoms with Gasteiger partial charge in [-0.25, -0.2) is 4.79 Å². The molecular formula is C16H12N2O5. The Bertz CT molecular complexity index is 803. The van der Waals surface area contributed by atoms with Crippen molar-refractivity contribution in [2.24, 2.45) is 0 Å². The van der Waals surface area contributed by atoms with E-state index >= 15 is 0 Å². The van der Waals surface area contributed by atoms with E-state index in [1.807, 2.05) is 0 Å². The molecule has 2 aromatic rings. The molecule has 0 spiro atoms. The summed E-state index contributed by atoms with van der Waals surface area (Å²) >= 11 is 0. The van der Waals surface area contributed by atoms with Gasteiger partial charge in [0.2, 0.25) is 0 Å². The average molecular weight is 312 g/mol. The number of amides is 1. The van der Waals surface area contributed by atoms with Crippen LogP contribution in [0.1, 0.15) is 15.9 Å². The molecule has 1 heterocycles. The van der Waals surface area contributed by atoms with Gasteiger partial charge in [-0.3, -0.25) is 14.9 Å². The fourth-order valence-corrected chi connectivity index (χ4v) is 2.40. The first-order chi connectivity index (χ1) is 11.0. The van der Waals surface area contributed by atoms with Crippen LogP contribution in [0.5, 0.6) is 0 Å². The normalized spacial score (nSPS) is 16.2. The third kappa shape index (κ3) is 3.03. The van der Waals surface area contributed by atoms with Crippen molar-refractivity contribution in [3.63, 3.8) is 0 Å². The summed E-state index contributed by atoms with van der Waals surface area (Å²) in [5.41, 5.74) is 1.34. The molecule has 23 heavy (non-hydrogen) atoms. The second-order valence-corrected chi connectivity index (χ2v) is 5.05. The number of carbonyl (C=O) groups excluding carboxylic acids is 2. The number of nitrogens with one attached hydrogen (secondary N) is 1. The van der Waals surface area contributed by atoms with E-state index < -0.39 is 22.9 Å². The number of anilines is 1. The van der Waals surface area contributed by atoms with Gasteiger partial charge < -0.3 is 10.1 Å². The van der Waals surface area contributed by atoms with Crippen molar-refractivity contribution < 1.29 is 19.2 Å². The van der Waals surface area contributed by atoms with Crippen molar-refractivity contribution in [1.29, 1.82) is 0 Å². The summed E-state index contributed by atoms with van der Waals surface area (Å²) in [6.07, 6.45) is -0.695. The first-order valence-corrected chi connectivity index (χ1v) is 6.89. The monoisotopic (exact) mass is 312 g/mol. The number of ether oxygens (including phenoxy) is 1. The number of esters is 1. The lowest BCUT2D eigenvalue weighted by Crippen LogP contribution is -2.37. The van der Waals surface area contributed by atoms with Gasteiger partial charge in [-0.05, 0) is 17.7 Å². The Morgan fingerprint density at radius 2 is 2.00 bits per heavy atom. The molecule has 1 unspecified atom stereocenters. The number of rotatable bonds is 3. The zero-order valence-corrected chi connectivity index (χ0v) is 11.9. The molecule has 3 rings (SSSR count). The number of nitro benzene ring substituents is 1. The molecule has 1 N–H and O–H groups in total. The number of nitro groups is 1. The lowest BCUT2D eigenvalue weighted by molar-refractivity contribution is -0.384. The van der Waals surface area contributed by atoms with E-state index in [1.165, 1.54) is 24.3 Å². The van der Waals surface area contributed by atoms with Gasteiger partial charge in [0, 0.05) is 24.2 Å². The maximum Gasteiger partial charge on any atom is 0.339 e. The standard InChI is InChI=1S/C16H12N2O5/c19-15(17-11-5-3-6-12(9-11)18(21)22)14-8-10-4-1-2-7-13(10)16(20)23-14/h1-7,9,14H,8H2,(H,17,19).